The van der Waals surface area contributed by atoms with Crippen LogP contribution in [0.3, 0.4) is 0 Å². The van der Waals surface area contributed by atoms with Gasteiger partial charge in [0.25, 0.3) is 0 Å². The maximum Gasteiger partial charge on any atom is 0.129 e. The smallest absolute Gasteiger partial charge is 0.129 e. The summed E-state index contributed by atoms with van der Waals surface area (Å²) in [6.07, 6.45) is 4.56. The lowest BCUT2D eigenvalue weighted by molar-refractivity contribution is -0.117. The van der Waals surface area contributed by atoms with Crippen LogP contribution in [0, 0.1) is 5.41 Å². The quantitative estimate of drug-likeness (QED) is 0.739. The molecule has 3 rings (SSSR count). The summed E-state index contributed by atoms with van der Waals surface area (Å²) in [7, 11) is 0. The molecular formula is C14H19NO2S. The van der Waals surface area contributed by atoms with Gasteiger partial charge in [-0.1, -0.05) is 0 Å². The molecule has 18 heavy (non-hydrogen) atoms. The van der Waals surface area contributed by atoms with Crippen LogP contribution in [0.4, 0.5) is 0 Å². The Morgan fingerprint density at radius 3 is 3.00 bits per heavy atom. The summed E-state index contributed by atoms with van der Waals surface area (Å²) >= 11 is 1.74. The second kappa shape index (κ2) is 5.11. The normalized spacial score (nSPS) is 27.8. The first-order chi connectivity index (χ1) is 8.81. The van der Waals surface area contributed by atoms with Gasteiger partial charge < -0.3 is 9.53 Å². The molecule has 0 bridgehead atoms. The van der Waals surface area contributed by atoms with E-state index in [4.69, 9.17) is 4.74 Å². The van der Waals surface area contributed by atoms with Crippen molar-refractivity contribution in [1.29, 1.82) is 0 Å². The van der Waals surface area contributed by atoms with Crippen molar-refractivity contribution < 1.29 is 9.53 Å². The molecule has 1 aromatic rings. The average molecular weight is 265 g/mol. The number of carbonyl (C=O) groups excluding carboxylic acids is 1. The van der Waals surface area contributed by atoms with Gasteiger partial charge in [0.15, 0.2) is 0 Å². The van der Waals surface area contributed by atoms with E-state index in [1.807, 2.05) is 0 Å². The van der Waals surface area contributed by atoms with Crippen molar-refractivity contribution in [2.45, 2.75) is 31.8 Å². The lowest BCUT2D eigenvalue weighted by Gasteiger charge is -2.30. The maximum absolute atomic E-state index is 11.4. The van der Waals surface area contributed by atoms with E-state index in [2.05, 4.69) is 21.7 Å². The van der Waals surface area contributed by atoms with E-state index in [-0.39, 0.29) is 5.41 Å². The maximum atomic E-state index is 11.4. The molecule has 0 N–H and O–H groups in total. The number of rotatable bonds is 6. The van der Waals surface area contributed by atoms with Gasteiger partial charge in [0.1, 0.15) is 6.29 Å². The van der Waals surface area contributed by atoms with E-state index < -0.39 is 0 Å². The van der Waals surface area contributed by atoms with Crippen LogP contribution in [0.15, 0.2) is 16.8 Å². The zero-order valence-electron chi connectivity index (χ0n) is 10.5. The zero-order chi connectivity index (χ0) is 12.4. The Balaban J connectivity index is 1.68. The van der Waals surface area contributed by atoms with Crippen molar-refractivity contribution in [3.05, 3.63) is 22.4 Å². The zero-order valence-corrected chi connectivity index (χ0v) is 11.3. The number of nitrogens with zero attached hydrogens (tertiary/aromatic N) is 1. The number of hydrogen-bond acceptors (Lipinski definition) is 4. The fourth-order valence-corrected chi connectivity index (χ4v) is 3.31. The third kappa shape index (κ3) is 2.66. The lowest BCUT2D eigenvalue weighted by Crippen LogP contribution is -2.40. The molecule has 1 atom stereocenters. The van der Waals surface area contributed by atoms with Gasteiger partial charge in [0, 0.05) is 25.7 Å². The van der Waals surface area contributed by atoms with Crippen molar-refractivity contribution in [2.75, 3.05) is 19.8 Å². The van der Waals surface area contributed by atoms with Crippen LogP contribution >= 0.6 is 11.3 Å². The highest BCUT2D eigenvalue weighted by molar-refractivity contribution is 7.07. The molecule has 0 aromatic carbocycles. The molecule has 0 radical (unpaired) electrons. The largest absolute Gasteiger partial charge is 0.380 e. The first kappa shape index (κ1) is 12.3. The van der Waals surface area contributed by atoms with E-state index in [9.17, 15) is 4.79 Å². The van der Waals surface area contributed by atoms with Gasteiger partial charge in [-0.3, -0.25) is 4.90 Å². The minimum absolute atomic E-state index is 0.251. The van der Waals surface area contributed by atoms with Gasteiger partial charge >= 0.3 is 0 Å². The first-order valence-corrected chi connectivity index (χ1v) is 7.55. The molecule has 0 amide bonds. The van der Waals surface area contributed by atoms with E-state index in [1.165, 1.54) is 18.4 Å². The van der Waals surface area contributed by atoms with Crippen molar-refractivity contribution >= 4 is 17.6 Å². The Kier molecular flexibility index (Phi) is 3.50. The van der Waals surface area contributed by atoms with Crippen LogP contribution < -0.4 is 0 Å². The van der Waals surface area contributed by atoms with Crippen LogP contribution in [-0.4, -0.2) is 37.0 Å². The first-order valence-electron chi connectivity index (χ1n) is 6.61. The molecule has 98 valence electrons. The Morgan fingerprint density at radius 1 is 1.56 bits per heavy atom. The number of thiophene rings is 1. The van der Waals surface area contributed by atoms with Gasteiger partial charge in [-0.25, -0.2) is 0 Å². The molecule has 1 unspecified atom stereocenters. The van der Waals surface area contributed by atoms with E-state index >= 15 is 0 Å². The Morgan fingerprint density at radius 2 is 2.44 bits per heavy atom. The molecule has 1 saturated heterocycles. The molecule has 2 fully saturated rings. The molecule has 0 spiro atoms. The summed E-state index contributed by atoms with van der Waals surface area (Å²) in [4.78, 5) is 13.9. The van der Waals surface area contributed by atoms with Crippen molar-refractivity contribution in [1.82, 2.24) is 4.90 Å². The molecule has 1 aliphatic carbocycles. The Bertz CT molecular complexity index is 394. The van der Waals surface area contributed by atoms with Gasteiger partial charge in [-0.05, 0) is 41.7 Å². The summed E-state index contributed by atoms with van der Waals surface area (Å²) in [6.45, 7) is 3.17. The molecule has 4 heteroatoms. The fraction of sp³-hybridized carbons (Fsp3) is 0.643. The topological polar surface area (TPSA) is 29.5 Å². The SMILES string of the molecule is O=CC1(CN(Cc2ccsc2)C2CC2)CCOC1. The number of carbonyl (C=O) groups is 1. The fourth-order valence-electron chi connectivity index (χ4n) is 2.65. The summed E-state index contributed by atoms with van der Waals surface area (Å²) in [5.41, 5.74) is 1.12. The number of ether oxygens (including phenoxy) is 1. The summed E-state index contributed by atoms with van der Waals surface area (Å²) in [5.74, 6) is 0. The van der Waals surface area contributed by atoms with Crippen LogP contribution in [0.25, 0.3) is 0 Å². The molecule has 3 nitrogen and oxygen atoms in total. The second-order valence-electron chi connectivity index (χ2n) is 5.55. The second-order valence-corrected chi connectivity index (χ2v) is 6.33. The van der Waals surface area contributed by atoms with Crippen LogP contribution in [0.1, 0.15) is 24.8 Å². The Labute approximate surface area is 112 Å². The summed E-state index contributed by atoms with van der Waals surface area (Å²) in [5, 5.41) is 4.32. The summed E-state index contributed by atoms with van der Waals surface area (Å²) < 4.78 is 5.43. The van der Waals surface area contributed by atoms with E-state index in [1.54, 1.807) is 11.3 Å². The third-order valence-electron chi connectivity index (χ3n) is 3.93. The highest BCUT2D eigenvalue weighted by Crippen LogP contribution is 2.34. The number of hydrogen-bond donors (Lipinski definition) is 0. The molecule has 1 aliphatic heterocycles. The van der Waals surface area contributed by atoms with Crippen molar-refractivity contribution in [3.8, 4) is 0 Å². The van der Waals surface area contributed by atoms with Gasteiger partial charge in [-0.2, -0.15) is 11.3 Å². The molecule has 1 aromatic heterocycles. The Hall–Kier alpha value is -0.710. The molecular weight excluding hydrogens is 246 g/mol. The van der Waals surface area contributed by atoms with Crippen molar-refractivity contribution in [3.63, 3.8) is 0 Å². The standard InChI is InChI=1S/C14H19NO2S/c16-10-14(4-5-17-11-14)9-15(13-1-2-13)7-12-3-6-18-8-12/h3,6,8,10,13H,1-2,4-5,7,9,11H2. The van der Waals surface area contributed by atoms with Crippen LogP contribution in [0.2, 0.25) is 0 Å². The van der Waals surface area contributed by atoms with E-state index in [0.29, 0.717) is 12.6 Å². The molecule has 2 heterocycles. The highest BCUT2D eigenvalue weighted by atomic mass is 32.1. The predicted molar refractivity (Wildman–Crippen MR) is 71.7 cm³/mol. The minimum Gasteiger partial charge on any atom is -0.380 e. The van der Waals surface area contributed by atoms with Crippen molar-refractivity contribution in [2.24, 2.45) is 5.41 Å². The molecule has 2 aliphatic rings. The lowest BCUT2D eigenvalue weighted by atomic mass is 9.88. The third-order valence-corrected chi connectivity index (χ3v) is 4.66. The van der Waals surface area contributed by atoms with Gasteiger partial charge in [-0.15, -0.1) is 0 Å². The van der Waals surface area contributed by atoms with E-state index in [0.717, 1.165) is 32.4 Å². The number of aldehydes is 1. The van der Waals surface area contributed by atoms with Gasteiger partial charge in [0.2, 0.25) is 0 Å². The highest BCUT2D eigenvalue weighted by Gasteiger charge is 2.40. The van der Waals surface area contributed by atoms with Crippen LogP contribution in [0.5, 0.6) is 0 Å². The predicted octanol–water partition coefficient (Wildman–Crippen LogP) is 2.32. The van der Waals surface area contributed by atoms with Gasteiger partial charge in [0.05, 0.1) is 12.0 Å². The average Bonchev–Trinajstić information content (AvgIpc) is 2.92. The minimum atomic E-state index is -0.251. The molecule has 1 saturated carbocycles. The van der Waals surface area contributed by atoms with Crippen LogP contribution in [-0.2, 0) is 16.1 Å². The summed E-state index contributed by atoms with van der Waals surface area (Å²) in [6, 6.07) is 2.86. The monoisotopic (exact) mass is 265 g/mol.